The van der Waals surface area contributed by atoms with Crippen molar-refractivity contribution in [1.29, 1.82) is 0 Å². The van der Waals surface area contributed by atoms with Gasteiger partial charge < -0.3 is 5.73 Å². The molecule has 0 amide bonds. The number of anilines is 1. The Kier molecular flexibility index (Phi) is 2.63. The van der Waals surface area contributed by atoms with Gasteiger partial charge in [0.15, 0.2) is 0 Å². The summed E-state index contributed by atoms with van der Waals surface area (Å²) in [7, 11) is 0. The molecule has 1 nitrogen and oxygen atoms in total. The zero-order chi connectivity index (χ0) is 10.8. The molecule has 0 aliphatic heterocycles. The molecule has 0 unspecified atom stereocenters. The molecule has 15 heavy (non-hydrogen) atoms. The molecule has 1 aliphatic rings. The predicted molar refractivity (Wildman–Crippen MR) is 66.4 cm³/mol. The second kappa shape index (κ2) is 3.93. The fraction of sp³-hybridized carbons (Fsp3) is 0.286. The van der Waals surface area contributed by atoms with Crippen LogP contribution in [0.1, 0.15) is 32.3 Å². The zero-order valence-corrected chi connectivity index (χ0v) is 9.38. The molecule has 0 fully saturated rings. The van der Waals surface area contributed by atoms with Crippen molar-refractivity contribution in [3.63, 3.8) is 0 Å². The van der Waals surface area contributed by atoms with Crippen LogP contribution in [0, 0.1) is 0 Å². The molecule has 0 spiro atoms. The van der Waals surface area contributed by atoms with Crippen molar-refractivity contribution in [2.24, 2.45) is 0 Å². The lowest BCUT2D eigenvalue weighted by molar-refractivity contribution is 0.953. The summed E-state index contributed by atoms with van der Waals surface area (Å²) in [6.07, 6.45) is 4.65. The third kappa shape index (κ3) is 1.96. The number of nitrogen functional groups attached to an aromatic ring is 1. The van der Waals surface area contributed by atoms with Gasteiger partial charge in [-0.1, -0.05) is 23.8 Å². The summed E-state index contributed by atoms with van der Waals surface area (Å²) in [6, 6.07) is 8.15. The van der Waals surface area contributed by atoms with Crippen molar-refractivity contribution in [3.05, 3.63) is 47.1 Å². The Bertz CT molecular complexity index is 438. The summed E-state index contributed by atoms with van der Waals surface area (Å²) in [5.74, 6) is 0. The average molecular weight is 199 g/mol. The van der Waals surface area contributed by atoms with Crippen LogP contribution >= 0.6 is 0 Å². The molecular formula is C14H17N. The Hall–Kier alpha value is -1.50. The quantitative estimate of drug-likeness (QED) is 0.684. The molecule has 0 aromatic heterocycles. The Balaban J connectivity index is 2.50. The van der Waals surface area contributed by atoms with Crippen molar-refractivity contribution in [3.8, 4) is 0 Å². The van der Waals surface area contributed by atoms with E-state index in [1.807, 2.05) is 12.1 Å². The maximum atomic E-state index is 5.81. The van der Waals surface area contributed by atoms with Gasteiger partial charge in [-0.3, -0.25) is 0 Å². The van der Waals surface area contributed by atoms with Crippen molar-refractivity contribution >= 4 is 11.3 Å². The molecule has 0 saturated heterocycles. The van der Waals surface area contributed by atoms with E-state index in [4.69, 9.17) is 5.73 Å². The van der Waals surface area contributed by atoms with Gasteiger partial charge in [0.2, 0.25) is 0 Å². The minimum atomic E-state index is 0.839. The molecule has 1 aromatic rings. The van der Waals surface area contributed by atoms with Gasteiger partial charge >= 0.3 is 0 Å². The van der Waals surface area contributed by atoms with Gasteiger partial charge in [0.25, 0.3) is 0 Å². The van der Waals surface area contributed by atoms with E-state index < -0.39 is 0 Å². The van der Waals surface area contributed by atoms with E-state index in [0.29, 0.717) is 0 Å². The van der Waals surface area contributed by atoms with E-state index in [1.54, 1.807) is 0 Å². The maximum absolute atomic E-state index is 5.81. The molecule has 1 heteroatoms. The summed E-state index contributed by atoms with van der Waals surface area (Å²) in [6.45, 7) is 4.40. The van der Waals surface area contributed by atoms with Gasteiger partial charge in [-0.15, -0.1) is 0 Å². The Morgan fingerprint density at radius 1 is 1.20 bits per heavy atom. The van der Waals surface area contributed by atoms with E-state index in [0.717, 1.165) is 5.69 Å². The van der Waals surface area contributed by atoms with E-state index >= 15 is 0 Å². The first-order valence-corrected chi connectivity index (χ1v) is 5.41. The van der Waals surface area contributed by atoms with Crippen LogP contribution in [0.15, 0.2) is 41.5 Å². The predicted octanol–water partition coefficient (Wildman–Crippen LogP) is 3.78. The van der Waals surface area contributed by atoms with Gasteiger partial charge in [0, 0.05) is 5.69 Å². The highest BCUT2D eigenvalue weighted by Crippen LogP contribution is 2.33. The van der Waals surface area contributed by atoms with Crippen LogP contribution in [0.2, 0.25) is 0 Å². The van der Waals surface area contributed by atoms with Gasteiger partial charge in [0.1, 0.15) is 0 Å². The van der Waals surface area contributed by atoms with Crippen molar-refractivity contribution in [2.45, 2.75) is 26.7 Å². The average Bonchev–Trinajstić information content (AvgIpc) is 2.17. The first-order chi connectivity index (χ1) is 7.18. The van der Waals surface area contributed by atoms with Crippen molar-refractivity contribution in [1.82, 2.24) is 0 Å². The van der Waals surface area contributed by atoms with Crippen LogP contribution in [0.4, 0.5) is 5.69 Å². The minimum absolute atomic E-state index is 0.839. The van der Waals surface area contributed by atoms with E-state index in [9.17, 15) is 0 Å². The number of rotatable bonds is 1. The SMILES string of the molecule is CC1=CCCC(C)=C1c1cccc(N)c1. The van der Waals surface area contributed by atoms with Gasteiger partial charge in [-0.05, 0) is 55.5 Å². The lowest BCUT2D eigenvalue weighted by atomic mass is 9.88. The van der Waals surface area contributed by atoms with Crippen molar-refractivity contribution < 1.29 is 0 Å². The first kappa shape index (κ1) is 10.0. The molecule has 2 N–H and O–H groups in total. The number of allylic oxidation sites excluding steroid dienone is 4. The molecule has 0 heterocycles. The molecule has 2 rings (SSSR count). The fourth-order valence-corrected chi connectivity index (χ4v) is 2.24. The van der Waals surface area contributed by atoms with E-state index in [-0.39, 0.29) is 0 Å². The van der Waals surface area contributed by atoms with Crippen LogP contribution in [0.3, 0.4) is 0 Å². The number of hydrogen-bond donors (Lipinski definition) is 1. The van der Waals surface area contributed by atoms with E-state index in [1.165, 1.54) is 35.1 Å². The lowest BCUT2D eigenvalue weighted by Gasteiger charge is -2.18. The molecule has 0 bridgehead atoms. The molecule has 1 aliphatic carbocycles. The summed E-state index contributed by atoms with van der Waals surface area (Å²) in [4.78, 5) is 0. The summed E-state index contributed by atoms with van der Waals surface area (Å²) in [5.41, 5.74) is 12.1. The molecular weight excluding hydrogens is 182 g/mol. The van der Waals surface area contributed by atoms with E-state index in [2.05, 4.69) is 32.1 Å². The van der Waals surface area contributed by atoms with Crippen LogP contribution in [0.25, 0.3) is 5.57 Å². The van der Waals surface area contributed by atoms with Crippen LogP contribution in [-0.2, 0) is 0 Å². The first-order valence-electron chi connectivity index (χ1n) is 5.41. The topological polar surface area (TPSA) is 26.0 Å². The van der Waals surface area contributed by atoms with Crippen LogP contribution < -0.4 is 5.73 Å². The zero-order valence-electron chi connectivity index (χ0n) is 9.38. The smallest absolute Gasteiger partial charge is 0.0320 e. The highest BCUT2D eigenvalue weighted by Gasteiger charge is 2.11. The number of benzene rings is 1. The molecule has 0 atom stereocenters. The monoisotopic (exact) mass is 199 g/mol. The van der Waals surface area contributed by atoms with Crippen molar-refractivity contribution in [2.75, 3.05) is 5.73 Å². The van der Waals surface area contributed by atoms with Gasteiger partial charge in [-0.2, -0.15) is 0 Å². The number of hydrogen-bond acceptors (Lipinski definition) is 1. The fourth-order valence-electron chi connectivity index (χ4n) is 2.24. The molecule has 0 radical (unpaired) electrons. The third-order valence-electron chi connectivity index (χ3n) is 2.97. The Morgan fingerprint density at radius 2 is 2.00 bits per heavy atom. The second-order valence-electron chi connectivity index (χ2n) is 4.21. The third-order valence-corrected chi connectivity index (χ3v) is 2.97. The Labute approximate surface area is 91.3 Å². The second-order valence-corrected chi connectivity index (χ2v) is 4.21. The Morgan fingerprint density at radius 3 is 2.67 bits per heavy atom. The molecule has 78 valence electrons. The standard InChI is InChI=1S/C14H17N/c1-10-5-3-6-11(2)14(10)12-7-4-8-13(15)9-12/h4-5,7-9H,3,6,15H2,1-2H3. The molecule has 0 saturated carbocycles. The highest BCUT2D eigenvalue weighted by atomic mass is 14.5. The summed E-state index contributed by atoms with van der Waals surface area (Å²) in [5, 5.41) is 0. The van der Waals surface area contributed by atoms with Gasteiger partial charge in [-0.25, -0.2) is 0 Å². The summed E-state index contributed by atoms with van der Waals surface area (Å²) < 4.78 is 0. The van der Waals surface area contributed by atoms with Crippen LogP contribution in [-0.4, -0.2) is 0 Å². The number of nitrogens with two attached hydrogens (primary N) is 1. The highest BCUT2D eigenvalue weighted by molar-refractivity contribution is 5.82. The molecule has 1 aromatic carbocycles. The largest absolute Gasteiger partial charge is 0.399 e. The minimum Gasteiger partial charge on any atom is -0.399 e. The normalized spacial score (nSPS) is 16.5. The summed E-state index contributed by atoms with van der Waals surface area (Å²) >= 11 is 0. The maximum Gasteiger partial charge on any atom is 0.0320 e. The van der Waals surface area contributed by atoms with Gasteiger partial charge in [0.05, 0.1) is 0 Å². The lowest BCUT2D eigenvalue weighted by Crippen LogP contribution is -1.97. The van der Waals surface area contributed by atoms with Crippen LogP contribution in [0.5, 0.6) is 0 Å².